The molecule has 5 aromatic rings. The molecule has 0 spiro atoms. The number of hydrogen-bond donors (Lipinski definition) is 1. The molecule has 0 fully saturated rings. The smallest absolute Gasteiger partial charge is 0.258 e. The summed E-state index contributed by atoms with van der Waals surface area (Å²) in [5, 5.41) is 2.88. The lowest BCUT2D eigenvalue weighted by molar-refractivity contribution is 0.0990. The number of carbonyl (C=O) groups is 2. The van der Waals surface area contributed by atoms with Crippen LogP contribution in [0.25, 0.3) is 32.9 Å². The molecule has 0 aliphatic heterocycles. The monoisotopic (exact) mass is 461 g/mol. The molecule has 2 N–H and O–H groups in total. The topological polar surface area (TPSA) is 85.5 Å². The molecule has 5 rings (SSSR count). The van der Waals surface area contributed by atoms with Crippen LogP contribution in [-0.4, -0.2) is 31.0 Å². The summed E-state index contributed by atoms with van der Waals surface area (Å²) in [4.78, 5) is 31.4. The summed E-state index contributed by atoms with van der Waals surface area (Å²) in [7, 11) is 3.36. The van der Waals surface area contributed by atoms with Crippen LogP contribution in [0.1, 0.15) is 20.7 Å². The number of anilines is 1. The lowest BCUT2D eigenvalue weighted by atomic mass is 10.0. The number of rotatable bonds is 5. The zero-order valence-corrected chi connectivity index (χ0v) is 19.4. The Labute approximate surface area is 202 Å². The standard InChI is InChI=1S/C29H23N3O3/c1-32(22-12-9-18(10-13-22)28(30)33)29(34)25-17-27(31-26-6-4-3-5-24(25)26)21-8-7-20-16-23(35-2)14-11-19(20)15-21/h3-17H,1-2H3,(H2,30,33). The van der Waals surface area contributed by atoms with Crippen LogP contribution in [0.15, 0.2) is 91.0 Å². The molecule has 172 valence electrons. The highest BCUT2D eigenvalue weighted by molar-refractivity contribution is 6.14. The molecule has 0 aliphatic rings. The van der Waals surface area contributed by atoms with Crippen molar-refractivity contribution in [3.8, 4) is 17.0 Å². The van der Waals surface area contributed by atoms with Gasteiger partial charge in [0.1, 0.15) is 5.75 Å². The van der Waals surface area contributed by atoms with Crippen molar-refractivity contribution in [3.05, 3.63) is 102 Å². The highest BCUT2D eigenvalue weighted by Crippen LogP contribution is 2.30. The van der Waals surface area contributed by atoms with E-state index in [1.807, 2.05) is 60.7 Å². The summed E-state index contributed by atoms with van der Waals surface area (Å²) in [5.41, 5.74) is 9.29. The van der Waals surface area contributed by atoms with E-state index in [9.17, 15) is 9.59 Å². The van der Waals surface area contributed by atoms with Gasteiger partial charge in [0.25, 0.3) is 5.91 Å². The summed E-state index contributed by atoms with van der Waals surface area (Å²) in [6.07, 6.45) is 0. The van der Waals surface area contributed by atoms with Gasteiger partial charge in [-0.3, -0.25) is 9.59 Å². The van der Waals surface area contributed by atoms with E-state index in [1.54, 1.807) is 43.3 Å². The maximum atomic E-state index is 13.6. The minimum Gasteiger partial charge on any atom is -0.497 e. The Balaban J connectivity index is 1.59. The van der Waals surface area contributed by atoms with E-state index >= 15 is 0 Å². The summed E-state index contributed by atoms with van der Waals surface area (Å²) < 4.78 is 5.33. The number of amides is 2. The van der Waals surface area contributed by atoms with E-state index in [0.717, 1.165) is 33.0 Å². The van der Waals surface area contributed by atoms with Crippen LogP contribution in [0, 0.1) is 0 Å². The molecule has 6 nitrogen and oxygen atoms in total. The van der Waals surface area contributed by atoms with Crippen LogP contribution in [0.4, 0.5) is 5.69 Å². The molecule has 6 heteroatoms. The van der Waals surface area contributed by atoms with Crippen molar-refractivity contribution in [2.24, 2.45) is 5.73 Å². The van der Waals surface area contributed by atoms with Crippen molar-refractivity contribution < 1.29 is 14.3 Å². The van der Waals surface area contributed by atoms with Crippen LogP contribution in [0.2, 0.25) is 0 Å². The largest absolute Gasteiger partial charge is 0.497 e. The van der Waals surface area contributed by atoms with E-state index in [4.69, 9.17) is 15.5 Å². The number of carbonyl (C=O) groups excluding carboxylic acids is 2. The number of methoxy groups -OCH3 is 1. The third-order valence-corrected chi connectivity index (χ3v) is 6.13. The van der Waals surface area contributed by atoms with Gasteiger partial charge in [-0.15, -0.1) is 0 Å². The van der Waals surface area contributed by atoms with E-state index in [2.05, 4.69) is 6.07 Å². The molecule has 1 aromatic heterocycles. The zero-order valence-electron chi connectivity index (χ0n) is 19.4. The fourth-order valence-corrected chi connectivity index (χ4v) is 4.16. The zero-order chi connectivity index (χ0) is 24.5. The Bertz CT molecular complexity index is 1590. The van der Waals surface area contributed by atoms with E-state index in [0.29, 0.717) is 22.5 Å². The number of benzene rings is 4. The lowest BCUT2D eigenvalue weighted by Gasteiger charge is -2.19. The van der Waals surface area contributed by atoms with E-state index in [1.165, 1.54) is 0 Å². The first kappa shape index (κ1) is 22.1. The highest BCUT2D eigenvalue weighted by Gasteiger charge is 2.19. The van der Waals surface area contributed by atoms with Gasteiger partial charge in [0, 0.05) is 29.2 Å². The normalized spacial score (nSPS) is 10.9. The number of nitrogens with zero attached hydrogens (tertiary/aromatic N) is 2. The fraction of sp³-hybridized carbons (Fsp3) is 0.0690. The number of fused-ring (bicyclic) bond motifs is 2. The molecule has 35 heavy (non-hydrogen) atoms. The van der Waals surface area contributed by atoms with E-state index < -0.39 is 5.91 Å². The van der Waals surface area contributed by atoms with Crippen LogP contribution in [0.5, 0.6) is 5.75 Å². The minimum absolute atomic E-state index is 0.179. The van der Waals surface area contributed by atoms with Crippen LogP contribution in [-0.2, 0) is 0 Å². The Morgan fingerprint density at radius 3 is 2.31 bits per heavy atom. The van der Waals surface area contributed by atoms with Gasteiger partial charge in [0.05, 0.1) is 23.9 Å². The molecule has 1 heterocycles. The molecular formula is C29H23N3O3. The number of aromatic nitrogens is 1. The average Bonchev–Trinajstić information content (AvgIpc) is 2.91. The Kier molecular flexibility index (Phi) is 5.63. The highest BCUT2D eigenvalue weighted by atomic mass is 16.5. The molecule has 0 saturated heterocycles. The third kappa shape index (κ3) is 4.17. The van der Waals surface area contributed by atoms with Gasteiger partial charge < -0.3 is 15.4 Å². The number of primary amides is 1. The van der Waals surface area contributed by atoms with Gasteiger partial charge >= 0.3 is 0 Å². The molecular weight excluding hydrogens is 438 g/mol. The molecule has 0 radical (unpaired) electrons. The van der Waals surface area contributed by atoms with Crippen molar-refractivity contribution in [1.29, 1.82) is 0 Å². The summed E-state index contributed by atoms with van der Waals surface area (Å²) in [6.45, 7) is 0. The summed E-state index contributed by atoms with van der Waals surface area (Å²) in [6, 6.07) is 28.1. The molecule has 0 atom stereocenters. The molecule has 0 saturated carbocycles. The van der Waals surface area contributed by atoms with Gasteiger partial charge in [-0.2, -0.15) is 0 Å². The first-order valence-corrected chi connectivity index (χ1v) is 11.1. The Morgan fingerprint density at radius 2 is 1.57 bits per heavy atom. The first-order chi connectivity index (χ1) is 16.9. The number of ether oxygens (including phenoxy) is 1. The molecule has 0 bridgehead atoms. The SMILES string of the molecule is COc1ccc2cc(-c3cc(C(=O)N(C)c4ccc(C(N)=O)cc4)c4ccccc4n3)ccc2c1. The maximum Gasteiger partial charge on any atom is 0.258 e. The Morgan fingerprint density at radius 1 is 0.857 bits per heavy atom. The average molecular weight is 462 g/mol. The lowest BCUT2D eigenvalue weighted by Crippen LogP contribution is -2.26. The van der Waals surface area contributed by atoms with Crippen LogP contribution >= 0.6 is 0 Å². The second-order valence-electron chi connectivity index (χ2n) is 8.28. The minimum atomic E-state index is -0.510. The van der Waals surface area contributed by atoms with Gasteiger partial charge in [-0.25, -0.2) is 4.98 Å². The third-order valence-electron chi connectivity index (χ3n) is 6.13. The number of hydrogen-bond acceptors (Lipinski definition) is 4. The second-order valence-corrected chi connectivity index (χ2v) is 8.28. The van der Waals surface area contributed by atoms with Crippen molar-refractivity contribution in [2.75, 3.05) is 19.1 Å². The van der Waals surface area contributed by atoms with Crippen LogP contribution < -0.4 is 15.4 Å². The van der Waals surface area contributed by atoms with Crippen molar-refractivity contribution in [3.63, 3.8) is 0 Å². The molecule has 0 aliphatic carbocycles. The van der Waals surface area contributed by atoms with Crippen molar-refractivity contribution in [1.82, 2.24) is 4.98 Å². The van der Waals surface area contributed by atoms with Crippen molar-refractivity contribution in [2.45, 2.75) is 0 Å². The number of nitrogens with two attached hydrogens (primary N) is 1. The van der Waals surface area contributed by atoms with Gasteiger partial charge in [-0.1, -0.05) is 36.4 Å². The summed E-state index contributed by atoms with van der Waals surface area (Å²) in [5.74, 6) is 0.111. The van der Waals surface area contributed by atoms with Gasteiger partial charge in [0.15, 0.2) is 0 Å². The summed E-state index contributed by atoms with van der Waals surface area (Å²) >= 11 is 0. The van der Waals surface area contributed by atoms with E-state index in [-0.39, 0.29) is 5.91 Å². The maximum absolute atomic E-state index is 13.6. The first-order valence-electron chi connectivity index (χ1n) is 11.1. The van der Waals surface area contributed by atoms with Crippen molar-refractivity contribution >= 4 is 39.2 Å². The quantitative estimate of drug-likeness (QED) is 0.378. The Hall–Kier alpha value is -4.71. The molecule has 2 amide bonds. The number of pyridine rings is 1. The van der Waals surface area contributed by atoms with Gasteiger partial charge in [0.2, 0.25) is 5.91 Å². The van der Waals surface area contributed by atoms with Crippen LogP contribution in [0.3, 0.4) is 0 Å². The molecule has 4 aromatic carbocycles. The van der Waals surface area contributed by atoms with Gasteiger partial charge in [-0.05, 0) is 65.4 Å². The second kappa shape index (κ2) is 8.91. The fourth-order valence-electron chi connectivity index (χ4n) is 4.16. The predicted octanol–water partition coefficient (Wildman–Crippen LogP) is 5.44. The predicted molar refractivity (Wildman–Crippen MR) is 139 cm³/mol. The molecule has 0 unspecified atom stereocenters. The number of para-hydroxylation sites is 1.